The fraction of sp³-hybridized carbons (Fsp3) is 0.818. The van der Waals surface area contributed by atoms with Crippen LogP contribution in [0.2, 0.25) is 0 Å². The Morgan fingerprint density at radius 1 is 1.40 bits per heavy atom. The van der Waals surface area contributed by atoms with Crippen molar-refractivity contribution >= 4 is 23.2 Å². The molecule has 1 saturated heterocycles. The second kappa shape index (κ2) is 4.25. The Hall–Kier alpha value is 0.240. The van der Waals surface area contributed by atoms with Gasteiger partial charge in [-0.2, -0.15) is 0 Å². The first-order chi connectivity index (χ1) is 7.08. The minimum absolute atomic E-state index is 0.454. The average Bonchev–Trinajstić information content (AvgIpc) is 2.75. The third-order valence-corrected chi connectivity index (χ3v) is 4.43. The van der Waals surface area contributed by atoms with E-state index < -0.39 is 4.33 Å². The van der Waals surface area contributed by atoms with Gasteiger partial charge >= 0.3 is 0 Å². The zero-order chi connectivity index (χ0) is 10.9. The number of quaternary nitrogens is 1. The first-order valence-electron chi connectivity index (χ1n) is 5.50. The van der Waals surface area contributed by atoms with Gasteiger partial charge in [0, 0.05) is 5.92 Å². The van der Waals surface area contributed by atoms with E-state index in [0.29, 0.717) is 5.92 Å². The molecule has 0 N–H and O–H groups in total. The largest absolute Gasteiger partial charge is 0.370 e. The average molecular weight is 251 g/mol. The topological polar surface area (TPSA) is 9.23 Å². The van der Waals surface area contributed by atoms with Crippen LogP contribution < -0.4 is 0 Å². The Bertz CT molecular complexity index is 249. The molecule has 0 aromatic carbocycles. The molecule has 1 unspecified atom stereocenters. The van der Waals surface area contributed by atoms with Crippen LogP contribution in [0.3, 0.4) is 0 Å². The number of ether oxygens (including phenoxy) is 1. The summed E-state index contributed by atoms with van der Waals surface area (Å²) in [6, 6.07) is 0. The first kappa shape index (κ1) is 11.7. The molecule has 86 valence electrons. The number of morpholine rings is 1. The molecule has 0 aromatic heterocycles. The molecule has 2 aliphatic rings. The summed E-state index contributed by atoms with van der Waals surface area (Å²) in [5, 5.41) is 0. The van der Waals surface area contributed by atoms with Crippen molar-refractivity contribution in [2.75, 3.05) is 39.4 Å². The quantitative estimate of drug-likeness (QED) is 0.423. The minimum atomic E-state index is -0.454. The van der Waals surface area contributed by atoms with E-state index in [0.717, 1.165) is 50.3 Å². The minimum Gasteiger partial charge on any atom is -0.370 e. The van der Waals surface area contributed by atoms with Crippen LogP contribution in [0.4, 0.5) is 0 Å². The molecule has 0 bridgehead atoms. The molecule has 1 aliphatic heterocycles. The molecule has 15 heavy (non-hydrogen) atoms. The van der Waals surface area contributed by atoms with Crippen LogP contribution in [0, 0.1) is 5.92 Å². The lowest BCUT2D eigenvalue weighted by molar-refractivity contribution is -0.931. The maximum absolute atomic E-state index is 6.09. The molecule has 2 nitrogen and oxygen atoms in total. The van der Waals surface area contributed by atoms with Crippen LogP contribution in [0.25, 0.3) is 0 Å². The molecule has 1 saturated carbocycles. The van der Waals surface area contributed by atoms with E-state index in [-0.39, 0.29) is 0 Å². The molecule has 2 fully saturated rings. The standard InChI is InChI=1S/C11H18Cl2NO/c1-2-3-14(4-6-15-7-5-14)9-10-8-11(10,12)13/h2,10H,1,3-9H2/q+1. The van der Waals surface area contributed by atoms with E-state index >= 15 is 0 Å². The van der Waals surface area contributed by atoms with Crippen molar-refractivity contribution in [3.63, 3.8) is 0 Å². The molecular formula is C11H18Cl2NO+. The van der Waals surface area contributed by atoms with E-state index in [9.17, 15) is 0 Å². The van der Waals surface area contributed by atoms with Crippen molar-refractivity contribution in [3.05, 3.63) is 12.7 Å². The lowest BCUT2D eigenvalue weighted by Crippen LogP contribution is -2.56. The maximum Gasteiger partial charge on any atom is 0.127 e. The van der Waals surface area contributed by atoms with Gasteiger partial charge in [-0.15, -0.1) is 23.2 Å². The third kappa shape index (κ3) is 2.68. The Kier molecular flexibility index (Phi) is 3.32. The molecular weight excluding hydrogens is 233 g/mol. The summed E-state index contributed by atoms with van der Waals surface area (Å²) in [4.78, 5) is 0. The fourth-order valence-electron chi connectivity index (χ4n) is 2.38. The number of hydrogen-bond donors (Lipinski definition) is 0. The third-order valence-electron chi connectivity index (χ3n) is 3.50. The Labute approximate surface area is 101 Å². The van der Waals surface area contributed by atoms with Gasteiger partial charge in [0.15, 0.2) is 0 Å². The zero-order valence-electron chi connectivity index (χ0n) is 8.92. The number of rotatable bonds is 4. The lowest BCUT2D eigenvalue weighted by atomic mass is 10.2. The summed E-state index contributed by atoms with van der Waals surface area (Å²) < 4.78 is 6.01. The van der Waals surface area contributed by atoms with Crippen LogP contribution in [0.15, 0.2) is 12.7 Å². The molecule has 0 radical (unpaired) electrons. The van der Waals surface area contributed by atoms with Crippen LogP contribution >= 0.6 is 23.2 Å². The van der Waals surface area contributed by atoms with Gasteiger partial charge in [0.25, 0.3) is 0 Å². The van der Waals surface area contributed by atoms with E-state index in [1.807, 2.05) is 6.08 Å². The molecule has 2 rings (SSSR count). The van der Waals surface area contributed by atoms with Crippen molar-refractivity contribution in [3.8, 4) is 0 Å². The molecule has 1 aliphatic carbocycles. The summed E-state index contributed by atoms with van der Waals surface area (Å²) >= 11 is 12.2. The number of halogens is 2. The Morgan fingerprint density at radius 2 is 2.00 bits per heavy atom. The smallest absolute Gasteiger partial charge is 0.127 e. The van der Waals surface area contributed by atoms with E-state index in [2.05, 4.69) is 6.58 Å². The van der Waals surface area contributed by atoms with Crippen LogP contribution in [0.1, 0.15) is 6.42 Å². The van der Waals surface area contributed by atoms with Crippen molar-refractivity contribution < 1.29 is 9.22 Å². The van der Waals surface area contributed by atoms with Crippen LogP contribution in [-0.2, 0) is 4.74 Å². The molecule has 0 amide bonds. The van der Waals surface area contributed by atoms with Crippen LogP contribution in [0.5, 0.6) is 0 Å². The zero-order valence-corrected chi connectivity index (χ0v) is 10.4. The Balaban J connectivity index is 1.96. The van der Waals surface area contributed by atoms with Crippen molar-refractivity contribution in [1.82, 2.24) is 0 Å². The molecule has 0 aromatic rings. The van der Waals surface area contributed by atoms with E-state index in [1.165, 1.54) is 0 Å². The highest BCUT2D eigenvalue weighted by Gasteiger charge is 2.55. The van der Waals surface area contributed by atoms with Crippen molar-refractivity contribution in [2.45, 2.75) is 10.8 Å². The van der Waals surface area contributed by atoms with Gasteiger partial charge in [-0.05, 0) is 12.5 Å². The monoisotopic (exact) mass is 250 g/mol. The second-order valence-corrected chi connectivity index (χ2v) is 6.26. The summed E-state index contributed by atoms with van der Waals surface area (Å²) in [5.74, 6) is 0.457. The summed E-state index contributed by atoms with van der Waals surface area (Å²) in [6.07, 6.45) is 2.94. The predicted molar refractivity (Wildman–Crippen MR) is 63.3 cm³/mol. The SMILES string of the molecule is C=CC[N+]1(CC2CC2(Cl)Cl)CCOCC1. The maximum atomic E-state index is 6.09. The van der Waals surface area contributed by atoms with Gasteiger partial charge in [-0.3, -0.25) is 0 Å². The first-order valence-corrected chi connectivity index (χ1v) is 6.25. The van der Waals surface area contributed by atoms with Crippen molar-refractivity contribution in [2.24, 2.45) is 5.92 Å². The molecule has 0 spiro atoms. The molecule has 1 heterocycles. The highest BCUT2D eigenvalue weighted by molar-refractivity contribution is 6.50. The number of alkyl halides is 2. The number of hydrogen-bond acceptors (Lipinski definition) is 1. The molecule has 4 heteroatoms. The fourth-order valence-corrected chi connectivity index (χ4v) is 2.89. The molecule has 1 atom stereocenters. The van der Waals surface area contributed by atoms with Crippen LogP contribution in [-0.4, -0.2) is 48.2 Å². The van der Waals surface area contributed by atoms with Gasteiger partial charge in [-0.25, -0.2) is 0 Å². The number of nitrogens with zero attached hydrogens (tertiary/aromatic N) is 1. The lowest BCUT2D eigenvalue weighted by Gasteiger charge is -2.41. The highest BCUT2D eigenvalue weighted by Crippen LogP contribution is 2.54. The second-order valence-electron chi connectivity index (χ2n) is 4.72. The van der Waals surface area contributed by atoms with E-state index in [1.54, 1.807) is 0 Å². The highest BCUT2D eigenvalue weighted by atomic mass is 35.5. The van der Waals surface area contributed by atoms with Gasteiger partial charge in [0.2, 0.25) is 0 Å². The van der Waals surface area contributed by atoms with Crippen molar-refractivity contribution in [1.29, 1.82) is 0 Å². The van der Waals surface area contributed by atoms with E-state index in [4.69, 9.17) is 27.9 Å². The summed E-state index contributed by atoms with van der Waals surface area (Å²) in [6.45, 7) is 9.73. The normalized spacial score (nSPS) is 32.3. The predicted octanol–water partition coefficient (Wildman–Crippen LogP) is 2.21. The van der Waals surface area contributed by atoms with Gasteiger partial charge in [0.1, 0.15) is 17.4 Å². The summed E-state index contributed by atoms with van der Waals surface area (Å²) in [7, 11) is 0. The summed E-state index contributed by atoms with van der Waals surface area (Å²) in [5.41, 5.74) is 0. The van der Waals surface area contributed by atoms with Gasteiger partial charge < -0.3 is 9.22 Å². The Morgan fingerprint density at radius 3 is 2.47 bits per heavy atom. The van der Waals surface area contributed by atoms with Gasteiger partial charge in [0.05, 0.1) is 26.3 Å². The van der Waals surface area contributed by atoms with Gasteiger partial charge in [-0.1, -0.05) is 6.58 Å².